The highest BCUT2D eigenvalue weighted by atomic mass is 79.9. The van der Waals surface area contributed by atoms with Crippen LogP contribution in [0.4, 0.5) is 13.2 Å². The van der Waals surface area contributed by atoms with Gasteiger partial charge >= 0.3 is 6.18 Å². The zero-order valence-electron chi connectivity index (χ0n) is 9.62. The van der Waals surface area contributed by atoms with Crippen LogP contribution in [0.5, 0.6) is 0 Å². The van der Waals surface area contributed by atoms with Gasteiger partial charge in [0.25, 0.3) is 0 Å². The monoisotopic (exact) mass is 350 g/mol. The normalized spacial score (nSPS) is 13.5. The van der Waals surface area contributed by atoms with Gasteiger partial charge < -0.3 is 5.11 Å². The molecule has 0 saturated heterocycles. The van der Waals surface area contributed by atoms with Gasteiger partial charge in [-0.2, -0.15) is 13.2 Å². The van der Waals surface area contributed by atoms with E-state index >= 15 is 0 Å². The van der Waals surface area contributed by atoms with Gasteiger partial charge in [-0.1, -0.05) is 12.1 Å². The molecule has 0 radical (unpaired) electrons. The minimum atomic E-state index is -4.39. The molecule has 0 saturated carbocycles. The van der Waals surface area contributed by atoms with Gasteiger partial charge in [0.2, 0.25) is 0 Å². The average molecular weight is 351 g/mol. The number of aliphatic hydroxyl groups is 1. The first-order valence-corrected chi connectivity index (χ1v) is 7.12. The number of rotatable bonds is 3. The molecule has 0 bridgehead atoms. The third-order valence-corrected chi connectivity index (χ3v) is 4.62. The molecule has 102 valence electrons. The molecule has 0 fully saturated rings. The van der Waals surface area contributed by atoms with E-state index in [1.165, 1.54) is 23.5 Å². The van der Waals surface area contributed by atoms with E-state index in [-0.39, 0.29) is 5.56 Å². The SMILES string of the molecule is OC(Cc1sccc1Br)c1cccc(C(F)(F)F)c1. The van der Waals surface area contributed by atoms with Crippen LogP contribution in [0.3, 0.4) is 0 Å². The van der Waals surface area contributed by atoms with Gasteiger partial charge in [0, 0.05) is 15.8 Å². The number of halogens is 4. The summed E-state index contributed by atoms with van der Waals surface area (Å²) >= 11 is 4.79. The van der Waals surface area contributed by atoms with Crippen molar-refractivity contribution >= 4 is 27.3 Å². The van der Waals surface area contributed by atoms with Crippen molar-refractivity contribution < 1.29 is 18.3 Å². The van der Waals surface area contributed by atoms with Crippen LogP contribution in [0.2, 0.25) is 0 Å². The number of hydrogen-bond acceptors (Lipinski definition) is 2. The molecule has 6 heteroatoms. The summed E-state index contributed by atoms with van der Waals surface area (Å²) in [4.78, 5) is 0.907. The van der Waals surface area contributed by atoms with Crippen molar-refractivity contribution in [2.24, 2.45) is 0 Å². The first kappa shape index (κ1) is 14.6. The molecule has 1 unspecified atom stereocenters. The first-order valence-electron chi connectivity index (χ1n) is 5.45. The van der Waals surface area contributed by atoms with Crippen LogP contribution in [0.1, 0.15) is 22.1 Å². The maximum absolute atomic E-state index is 12.6. The molecule has 2 aromatic rings. The number of aliphatic hydroxyl groups excluding tert-OH is 1. The van der Waals surface area contributed by atoms with Crippen molar-refractivity contribution in [3.05, 3.63) is 56.2 Å². The number of benzene rings is 1. The Bertz CT molecular complexity index is 565. The summed E-state index contributed by atoms with van der Waals surface area (Å²) in [6.07, 6.45) is -5.05. The molecule has 0 aliphatic carbocycles. The summed E-state index contributed by atoms with van der Waals surface area (Å²) in [7, 11) is 0. The molecule has 0 aliphatic heterocycles. The Kier molecular flexibility index (Phi) is 4.32. The number of alkyl halides is 3. The highest BCUT2D eigenvalue weighted by Crippen LogP contribution is 2.32. The molecule has 1 N–H and O–H groups in total. The van der Waals surface area contributed by atoms with Gasteiger partial charge in [-0.05, 0) is 45.1 Å². The third kappa shape index (κ3) is 3.58. The van der Waals surface area contributed by atoms with E-state index in [4.69, 9.17) is 0 Å². The second-order valence-electron chi connectivity index (χ2n) is 4.03. The van der Waals surface area contributed by atoms with Crippen molar-refractivity contribution in [1.29, 1.82) is 0 Å². The van der Waals surface area contributed by atoms with E-state index in [0.717, 1.165) is 21.5 Å². The summed E-state index contributed by atoms with van der Waals surface area (Å²) in [6, 6.07) is 6.65. The fourth-order valence-corrected chi connectivity index (χ4v) is 3.24. The Balaban J connectivity index is 2.20. The van der Waals surface area contributed by atoms with Gasteiger partial charge in [0.15, 0.2) is 0 Å². The zero-order valence-corrected chi connectivity index (χ0v) is 12.0. The lowest BCUT2D eigenvalue weighted by molar-refractivity contribution is -0.137. The highest BCUT2D eigenvalue weighted by molar-refractivity contribution is 9.10. The van der Waals surface area contributed by atoms with Crippen LogP contribution in [0.15, 0.2) is 40.2 Å². The van der Waals surface area contributed by atoms with Crippen LogP contribution in [0, 0.1) is 0 Å². The van der Waals surface area contributed by atoms with Gasteiger partial charge in [0.1, 0.15) is 0 Å². The Morgan fingerprint density at radius 1 is 1.26 bits per heavy atom. The highest BCUT2D eigenvalue weighted by Gasteiger charge is 2.30. The van der Waals surface area contributed by atoms with E-state index in [1.807, 2.05) is 11.4 Å². The topological polar surface area (TPSA) is 20.2 Å². The molecule has 0 aliphatic rings. The molecule has 0 spiro atoms. The second-order valence-corrected chi connectivity index (χ2v) is 5.89. The summed E-state index contributed by atoms with van der Waals surface area (Å²) in [6.45, 7) is 0. The van der Waals surface area contributed by atoms with Crippen molar-refractivity contribution in [3.8, 4) is 0 Å². The van der Waals surface area contributed by atoms with Gasteiger partial charge in [0.05, 0.1) is 11.7 Å². The Hall–Kier alpha value is -0.850. The van der Waals surface area contributed by atoms with Gasteiger partial charge in [-0.25, -0.2) is 0 Å². The van der Waals surface area contributed by atoms with E-state index in [0.29, 0.717) is 6.42 Å². The molecule has 1 atom stereocenters. The summed E-state index contributed by atoms with van der Waals surface area (Å²) in [5, 5.41) is 11.9. The van der Waals surface area contributed by atoms with E-state index in [9.17, 15) is 18.3 Å². The van der Waals surface area contributed by atoms with Crippen LogP contribution in [-0.2, 0) is 12.6 Å². The van der Waals surface area contributed by atoms with Crippen LogP contribution in [-0.4, -0.2) is 5.11 Å². The van der Waals surface area contributed by atoms with Gasteiger partial charge in [-0.15, -0.1) is 11.3 Å². The standard InChI is InChI=1S/C13H10BrF3OS/c14-10-4-5-19-12(10)7-11(18)8-2-1-3-9(6-8)13(15,16)17/h1-6,11,18H,7H2. The summed E-state index contributed by atoms with van der Waals surface area (Å²) in [5.41, 5.74) is -0.468. The maximum Gasteiger partial charge on any atom is 0.416 e. The average Bonchev–Trinajstić information content (AvgIpc) is 2.74. The van der Waals surface area contributed by atoms with E-state index in [2.05, 4.69) is 15.9 Å². The van der Waals surface area contributed by atoms with Crippen LogP contribution in [0.25, 0.3) is 0 Å². The smallest absolute Gasteiger partial charge is 0.388 e. The lowest BCUT2D eigenvalue weighted by Gasteiger charge is -2.13. The molecule has 2 rings (SSSR count). The van der Waals surface area contributed by atoms with Crippen molar-refractivity contribution in [2.45, 2.75) is 18.7 Å². The van der Waals surface area contributed by atoms with E-state index in [1.54, 1.807) is 0 Å². The molecular formula is C13H10BrF3OS. The largest absolute Gasteiger partial charge is 0.416 e. The molecule has 1 heterocycles. The summed E-state index contributed by atoms with van der Waals surface area (Å²) < 4.78 is 38.6. The fraction of sp³-hybridized carbons (Fsp3) is 0.231. The molecule has 0 amide bonds. The first-order chi connectivity index (χ1) is 8.88. The van der Waals surface area contributed by atoms with Crippen molar-refractivity contribution in [1.82, 2.24) is 0 Å². The van der Waals surface area contributed by atoms with E-state index < -0.39 is 17.8 Å². The maximum atomic E-state index is 12.6. The predicted molar refractivity (Wildman–Crippen MR) is 72.1 cm³/mol. The minimum absolute atomic E-state index is 0.273. The second kappa shape index (κ2) is 5.64. The van der Waals surface area contributed by atoms with Crippen molar-refractivity contribution in [2.75, 3.05) is 0 Å². The lowest BCUT2D eigenvalue weighted by atomic mass is 10.0. The molecular weight excluding hydrogens is 341 g/mol. The summed E-state index contributed by atoms with van der Waals surface area (Å²) in [5.74, 6) is 0. The van der Waals surface area contributed by atoms with Crippen molar-refractivity contribution in [3.63, 3.8) is 0 Å². The number of thiophene rings is 1. The fourth-order valence-electron chi connectivity index (χ4n) is 1.69. The lowest BCUT2D eigenvalue weighted by Crippen LogP contribution is -2.07. The molecule has 19 heavy (non-hydrogen) atoms. The van der Waals surface area contributed by atoms with Gasteiger partial charge in [-0.3, -0.25) is 0 Å². The minimum Gasteiger partial charge on any atom is -0.388 e. The van der Waals surface area contributed by atoms with Crippen LogP contribution >= 0.6 is 27.3 Å². The molecule has 1 aromatic heterocycles. The Labute approximate surface area is 120 Å². The zero-order chi connectivity index (χ0) is 14.0. The quantitative estimate of drug-likeness (QED) is 0.842. The molecule has 1 nitrogen and oxygen atoms in total. The number of hydrogen-bond donors (Lipinski definition) is 1. The third-order valence-electron chi connectivity index (χ3n) is 2.67. The Morgan fingerprint density at radius 3 is 2.58 bits per heavy atom. The molecule has 1 aromatic carbocycles. The van der Waals surface area contributed by atoms with Crippen LogP contribution < -0.4 is 0 Å². The Morgan fingerprint density at radius 2 is 2.00 bits per heavy atom. The predicted octanol–water partition coefficient (Wildman–Crippen LogP) is 4.81.